The van der Waals surface area contributed by atoms with E-state index in [1.807, 2.05) is 0 Å². The van der Waals surface area contributed by atoms with Crippen LogP contribution in [0.1, 0.15) is 29.3 Å². The first-order valence-corrected chi connectivity index (χ1v) is 5.90. The van der Waals surface area contributed by atoms with Crippen molar-refractivity contribution in [2.45, 2.75) is 26.4 Å². The van der Waals surface area contributed by atoms with Crippen LogP contribution in [0.5, 0.6) is 5.75 Å². The highest BCUT2D eigenvalue weighted by molar-refractivity contribution is 5.97. The number of hydrogen-bond donors (Lipinski definition) is 1. The molecule has 1 aromatic rings. The molecule has 0 unspecified atom stereocenters. The van der Waals surface area contributed by atoms with Crippen LogP contribution in [0.2, 0.25) is 0 Å². The third kappa shape index (κ3) is 4.46. The minimum Gasteiger partial charge on any atom is -0.507 e. The Morgan fingerprint density at radius 2 is 2.00 bits per heavy atom. The standard InChI is InChI=1S/C13H16F3NO2/c1-3-6-17(8-13(14,15)16)12(19)10-7-9(2)4-5-11(10)18/h4-5,7,18H,3,6,8H2,1-2H3. The molecular formula is C13H16F3NO2. The average molecular weight is 275 g/mol. The number of aromatic hydroxyl groups is 1. The molecule has 0 fully saturated rings. The van der Waals surface area contributed by atoms with E-state index in [1.165, 1.54) is 12.1 Å². The summed E-state index contributed by atoms with van der Waals surface area (Å²) in [6.07, 6.45) is -4.04. The van der Waals surface area contributed by atoms with Crippen molar-refractivity contribution in [3.63, 3.8) is 0 Å². The lowest BCUT2D eigenvalue weighted by Crippen LogP contribution is -2.39. The smallest absolute Gasteiger partial charge is 0.406 e. The van der Waals surface area contributed by atoms with E-state index in [0.29, 0.717) is 16.9 Å². The predicted octanol–water partition coefficient (Wildman–Crippen LogP) is 3.12. The number of phenols is 1. The van der Waals surface area contributed by atoms with Gasteiger partial charge < -0.3 is 10.0 Å². The number of rotatable bonds is 4. The molecule has 0 atom stereocenters. The number of alkyl halides is 3. The molecule has 0 aromatic heterocycles. The van der Waals surface area contributed by atoms with E-state index in [2.05, 4.69) is 0 Å². The minimum absolute atomic E-state index is 0.00821. The van der Waals surface area contributed by atoms with Gasteiger partial charge in [0.25, 0.3) is 5.91 Å². The molecule has 3 nitrogen and oxygen atoms in total. The van der Waals surface area contributed by atoms with E-state index >= 15 is 0 Å². The maximum atomic E-state index is 12.4. The van der Waals surface area contributed by atoms with Crippen LogP contribution in [0.25, 0.3) is 0 Å². The third-order valence-corrected chi connectivity index (χ3v) is 2.53. The van der Waals surface area contributed by atoms with Crippen LogP contribution < -0.4 is 0 Å². The Kier molecular flexibility index (Phi) is 4.80. The number of aryl methyl sites for hydroxylation is 1. The van der Waals surface area contributed by atoms with Crippen LogP contribution in [-0.4, -0.2) is 35.2 Å². The van der Waals surface area contributed by atoms with Crippen molar-refractivity contribution >= 4 is 5.91 Å². The van der Waals surface area contributed by atoms with Crippen molar-refractivity contribution in [2.24, 2.45) is 0 Å². The number of amides is 1. The summed E-state index contributed by atoms with van der Waals surface area (Å²) >= 11 is 0. The molecule has 0 aliphatic heterocycles. The van der Waals surface area contributed by atoms with E-state index in [1.54, 1.807) is 19.9 Å². The van der Waals surface area contributed by atoms with Gasteiger partial charge in [-0.2, -0.15) is 13.2 Å². The maximum absolute atomic E-state index is 12.4. The van der Waals surface area contributed by atoms with Gasteiger partial charge in [0.05, 0.1) is 5.56 Å². The molecule has 1 amide bonds. The molecule has 19 heavy (non-hydrogen) atoms. The molecule has 0 bridgehead atoms. The number of phenolic OH excluding ortho intramolecular Hbond substituents is 1. The first-order chi connectivity index (χ1) is 8.74. The first-order valence-electron chi connectivity index (χ1n) is 5.90. The fourth-order valence-electron chi connectivity index (χ4n) is 1.73. The Morgan fingerprint density at radius 1 is 1.37 bits per heavy atom. The quantitative estimate of drug-likeness (QED) is 0.917. The molecule has 1 aromatic carbocycles. The molecule has 0 heterocycles. The van der Waals surface area contributed by atoms with Crippen LogP contribution in [0.4, 0.5) is 13.2 Å². The summed E-state index contributed by atoms with van der Waals surface area (Å²) in [5.41, 5.74) is 0.599. The summed E-state index contributed by atoms with van der Waals surface area (Å²) in [5, 5.41) is 9.59. The lowest BCUT2D eigenvalue weighted by Gasteiger charge is -2.24. The second-order valence-corrected chi connectivity index (χ2v) is 4.36. The topological polar surface area (TPSA) is 40.5 Å². The largest absolute Gasteiger partial charge is 0.507 e. The van der Waals surface area contributed by atoms with Crippen molar-refractivity contribution in [2.75, 3.05) is 13.1 Å². The maximum Gasteiger partial charge on any atom is 0.406 e. The van der Waals surface area contributed by atoms with Crippen LogP contribution in [-0.2, 0) is 0 Å². The second kappa shape index (κ2) is 5.95. The lowest BCUT2D eigenvalue weighted by molar-refractivity contribution is -0.140. The van der Waals surface area contributed by atoms with Crippen molar-refractivity contribution < 1.29 is 23.1 Å². The fourth-order valence-corrected chi connectivity index (χ4v) is 1.73. The van der Waals surface area contributed by atoms with Crippen molar-refractivity contribution in [3.8, 4) is 5.75 Å². The molecule has 6 heteroatoms. The fraction of sp³-hybridized carbons (Fsp3) is 0.462. The number of nitrogens with zero attached hydrogens (tertiary/aromatic N) is 1. The van der Waals surface area contributed by atoms with Crippen LogP contribution in [0.3, 0.4) is 0 Å². The highest BCUT2D eigenvalue weighted by Gasteiger charge is 2.33. The van der Waals surface area contributed by atoms with E-state index < -0.39 is 18.6 Å². The number of halogens is 3. The lowest BCUT2D eigenvalue weighted by atomic mass is 10.1. The Labute approximate surface area is 109 Å². The molecule has 0 saturated heterocycles. The number of carbonyl (C=O) groups is 1. The van der Waals surface area contributed by atoms with Crippen molar-refractivity contribution in [3.05, 3.63) is 29.3 Å². The zero-order valence-electron chi connectivity index (χ0n) is 10.8. The van der Waals surface area contributed by atoms with Crippen LogP contribution >= 0.6 is 0 Å². The van der Waals surface area contributed by atoms with Gasteiger partial charge in [0.1, 0.15) is 12.3 Å². The molecule has 1 N–H and O–H groups in total. The molecule has 0 radical (unpaired) electrons. The Hall–Kier alpha value is -1.72. The Morgan fingerprint density at radius 3 is 2.53 bits per heavy atom. The van der Waals surface area contributed by atoms with Gasteiger partial charge in [0, 0.05) is 6.54 Å². The van der Waals surface area contributed by atoms with E-state index in [4.69, 9.17) is 0 Å². The number of benzene rings is 1. The van der Waals surface area contributed by atoms with E-state index in [-0.39, 0.29) is 17.9 Å². The molecular weight excluding hydrogens is 259 g/mol. The highest BCUT2D eigenvalue weighted by atomic mass is 19.4. The highest BCUT2D eigenvalue weighted by Crippen LogP contribution is 2.23. The summed E-state index contributed by atoms with van der Waals surface area (Å²) in [6, 6.07) is 4.27. The van der Waals surface area contributed by atoms with Crippen LogP contribution in [0, 0.1) is 6.92 Å². The Bertz CT molecular complexity index is 458. The SMILES string of the molecule is CCCN(CC(F)(F)F)C(=O)c1cc(C)ccc1O. The second-order valence-electron chi connectivity index (χ2n) is 4.36. The number of carbonyl (C=O) groups excluding carboxylic acids is 1. The van der Waals surface area contributed by atoms with Gasteiger partial charge in [-0.15, -0.1) is 0 Å². The number of hydrogen-bond acceptors (Lipinski definition) is 2. The van der Waals surface area contributed by atoms with Gasteiger partial charge in [-0.1, -0.05) is 18.6 Å². The molecule has 1 rings (SSSR count). The van der Waals surface area contributed by atoms with Gasteiger partial charge in [-0.25, -0.2) is 0 Å². The van der Waals surface area contributed by atoms with E-state index in [9.17, 15) is 23.1 Å². The van der Waals surface area contributed by atoms with Gasteiger partial charge in [-0.05, 0) is 25.5 Å². The Balaban J connectivity index is 3.02. The van der Waals surface area contributed by atoms with Crippen molar-refractivity contribution in [1.29, 1.82) is 0 Å². The van der Waals surface area contributed by atoms with Gasteiger partial charge in [0.15, 0.2) is 0 Å². The summed E-state index contributed by atoms with van der Waals surface area (Å²) in [5.74, 6) is -1.11. The average Bonchev–Trinajstić information content (AvgIpc) is 2.29. The van der Waals surface area contributed by atoms with Crippen molar-refractivity contribution in [1.82, 2.24) is 4.90 Å². The summed E-state index contributed by atoms with van der Waals surface area (Å²) in [7, 11) is 0. The summed E-state index contributed by atoms with van der Waals surface area (Å²) in [4.78, 5) is 12.8. The normalized spacial score (nSPS) is 11.4. The van der Waals surface area contributed by atoms with Gasteiger partial charge in [0.2, 0.25) is 0 Å². The van der Waals surface area contributed by atoms with E-state index in [0.717, 1.165) is 0 Å². The molecule has 0 aliphatic rings. The monoisotopic (exact) mass is 275 g/mol. The molecule has 0 aliphatic carbocycles. The first kappa shape index (κ1) is 15.3. The molecule has 0 saturated carbocycles. The van der Waals surface area contributed by atoms with Gasteiger partial charge in [-0.3, -0.25) is 4.79 Å². The minimum atomic E-state index is -4.45. The van der Waals surface area contributed by atoms with Crippen LogP contribution in [0.15, 0.2) is 18.2 Å². The summed E-state index contributed by atoms with van der Waals surface area (Å²) in [6.45, 7) is 2.07. The molecule has 0 spiro atoms. The third-order valence-electron chi connectivity index (χ3n) is 2.53. The predicted molar refractivity (Wildman–Crippen MR) is 65.1 cm³/mol. The van der Waals surface area contributed by atoms with Gasteiger partial charge >= 0.3 is 6.18 Å². The molecule has 106 valence electrons. The summed E-state index contributed by atoms with van der Waals surface area (Å²) < 4.78 is 37.3. The zero-order chi connectivity index (χ0) is 14.6. The zero-order valence-corrected chi connectivity index (χ0v) is 10.8.